The summed E-state index contributed by atoms with van der Waals surface area (Å²) < 4.78 is 7.77. The molecule has 0 saturated carbocycles. The summed E-state index contributed by atoms with van der Waals surface area (Å²) in [5.74, 6) is 1.23. The lowest BCUT2D eigenvalue weighted by atomic mass is 10.2. The number of fused-ring (bicyclic) bond motifs is 3. The Balaban J connectivity index is 1.51. The van der Waals surface area contributed by atoms with E-state index in [9.17, 15) is 0 Å². The Bertz CT molecular complexity index is 1050. The largest absolute Gasteiger partial charge is 0.382 e. The van der Waals surface area contributed by atoms with E-state index < -0.39 is 0 Å². The van der Waals surface area contributed by atoms with Crippen LogP contribution in [0, 0.1) is 0 Å². The minimum Gasteiger partial charge on any atom is -0.382 e. The Morgan fingerprint density at radius 1 is 1.27 bits per heavy atom. The lowest BCUT2D eigenvalue weighted by Crippen LogP contribution is -2.29. The highest BCUT2D eigenvalue weighted by Crippen LogP contribution is 2.28. The first-order valence-corrected chi connectivity index (χ1v) is 10.4. The Kier molecular flexibility index (Phi) is 6.41. The molecule has 3 N–H and O–H groups in total. The summed E-state index contributed by atoms with van der Waals surface area (Å²) in [6.45, 7) is 6.29. The molecule has 160 valence electrons. The quantitative estimate of drug-likeness (QED) is 0.408. The van der Waals surface area contributed by atoms with E-state index in [-0.39, 0.29) is 0 Å². The van der Waals surface area contributed by atoms with Crippen molar-refractivity contribution in [2.45, 2.75) is 32.9 Å². The molecule has 0 fully saturated rings. The third kappa shape index (κ3) is 4.38. The molecule has 0 amide bonds. The zero-order valence-electron chi connectivity index (χ0n) is 17.6. The van der Waals surface area contributed by atoms with Gasteiger partial charge in [0.2, 0.25) is 0 Å². The lowest BCUT2D eigenvalue weighted by molar-refractivity contribution is 0.0537. The van der Waals surface area contributed by atoms with Gasteiger partial charge in [0.25, 0.3) is 0 Å². The molecule has 3 aromatic heterocycles. The molecule has 4 rings (SSSR count). The van der Waals surface area contributed by atoms with Crippen molar-refractivity contribution in [2.24, 2.45) is 0 Å². The van der Waals surface area contributed by atoms with Crippen molar-refractivity contribution in [3.63, 3.8) is 0 Å². The lowest BCUT2D eigenvalue weighted by Gasteiger charge is -2.22. The van der Waals surface area contributed by atoms with E-state index in [0.717, 1.165) is 60.5 Å². The minimum atomic E-state index is 0.411. The third-order valence-electron chi connectivity index (χ3n) is 5.22. The zero-order chi connectivity index (χ0) is 20.9. The number of nitrogens with zero attached hydrogens (tertiary/aromatic N) is 5. The number of nitrogen functional groups attached to an aromatic ring is 1. The molecule has 3 aromatic rings. The highest BCUT2D eigenvalue weighted by molar-refractivity contribution is 6.04. The number of ether oxygens (including phenoxy) is 1. The number of aromatic nitrogens is 4. The van der Waals surface area contributed by atoms with Crippen LogP contribution >= 0.6 is 0 Å². The fourth-order valence-electron chi connectivity index (χ4n) is 3.62. The van der Waals surface area contributed by atoms with Crippen LogP contribution in [0.5, 0.6) is 0 Å². The van der Waals surface area contributed by atoms with E-state index in [2.05, 4.69) is 38.0 Å². The number of nitrogens with two attached hydrogens (primary N) is 1. The molecule has 1 aliphatic rings. The van der Waals surface area contributed by atoms with E-state index in [1.54, 1.807) is 6.20 Å². The topological polar surface area (TPSA) is 103 Å². The summed E-state index contributed by atoms with van der Waals surface area (Å²) in [5.41, 5.74) is 13.6. The maximum Gasteiger partial charge on any atom is 0.152 e. The van der Waals surface area contributed by atoms with Crippen LogP contribution in [0.4, 0.5) is 5.82 Å². The summed E-state index contributed by atoms with van der Waals surface area (Å²) in [4.78, 5) is 21.7. The number of imidazole rings is 1. The number of hydrogen-bond acceptors (Lipinski definition) is 8. The van der Waals surface area contributed by atoms with Gasteiger partial charge in [0, 0.05) is 44.6 Å². The Morgan fingerprint density at radius 2 is 2.17 bits per heavy atom. The van der Waals surface area contributed by atoms with Crippen molar-refractivity contribution in [3.05, 3.63) is 35.9 Å². The van der Waals surface area contributed by atoms with Crippen molar-refractivity contribution in [3.8, 4) is 0 Å². The van der Waals surface area contributed by atoms with Crippen molar-refractivity contribution >= 4 is 27.9 Å². The SMILES string of the molecule is CCOCc1nc2c(N)nc3cccnc3c2n1CCCONC1=CCN(C)CC1. The average Bonchev–Trinajstić information content (AvgIpc) is 3.13. The molecule has 0 saturated heterocycles. The molecule has 0 unspecified atom stereocenters. The predicted molar refractivity (Wildman–Crippen MR) is 116 cm³/mol. The summed E-state index contributed by atoms with van der Waals surface area (Å²) in [7, 11) is 2.12. The Labute approximate surface area is 175 Å². The number of pyridine rings is 2. The monoisotopic (exact) mass is 411 g/mol. The maximum absolute atomic E-state index is 6.20. The molecule has 0 spiro atoms. The molecule has 30 heavy (non-hydrogen) atoms. The smallest absolute Gasteiger partial charge is 0.152 e. The molecule has 4 heterocycles. The molecule has 0 atom stereocenters. The molecule has 0 aliphatic carbocycles. The number of aryl methyl sites for hydroxylation is 1. The van der Waals surface area contributed by atoms with Gasteiger partial charge in [-0.05, 0) is 38.6 Å². The highest BCUT2D eigenvalue weighted by atomic mass is 16.6. The van der Waals surface area contributed by atoms with Gasteiger partial charge in [-0.2, -0.15) is 0 Å². The Morgan fingerprint density at radius 3 is 2.97 bits per heavy atom. The van der Waals surface area contributed by atoms with E-state index in [4.69, 9.17) is 20.3 Å². The second-order valence-electron chi connectivity index (χ2n) is 7.43. The zero-order valence-corrected chi connectivity index (χ0v) is 17.6. The van der Waals surface area contributed by atoms with Crippen molar-refractivity contribution in [1.82, 2.24) is 29.9 Å². The van der Waals surface area contributed by atoms with Gasteiger partial charge in [0.15, 0.2) is 5.82 Å². The normalized spacial score (nSPS) is 15.1. The highest BCUT2D eigenvalue weighted by Gasteiger charge is 2.18. The van der Waals surface area contributed by atoms with Crippen LogP contribution in [-0.2, 0) is 22.7 Å². The van der Waals surface area contributed by atoms with E-state index in [0.29, 0.717) is 31.2 Å². The summed E-state index contributed by atoms with van der Waals surface area (Å²) >= 11 is 0. The van der Waals surface area contributed by atoms with Crippen LogP contribution in [0.25, 0.3) is 22.1 Å². The third-order valence-corrected chi connectivity index (χ3v) is 5.22. The second-order valence-corrected chi connectivity index (χ2v) is 7.43. The van der Waals surface area contributed by atoms with Crippen molar-refractivity contribution in [2.75, 3.05) is 39.1 Å². The molecule has 1 aliphatic heterocycles. The number of hydrogen-bond donors (Lipinski definition) is 2. The van der Waals surface area contributed by atoms with Crippen LogP contribution in [0.1, 0.15) is 25.6 Å². The predicted octanol–water partition coefficient (Wildman–Crippen LogP) is 2.23. The number of likely N-dealkylation sites (N-methyl/N-ethyl adjacent to an activating group) is 1. The van der Waals surface area contributed by atoms with Crippen LogP contribution in [-0.4, -0.2) is 57.8 Å². The molecule has 0 bridgehead atoms. The van der Waals surface area contributed by atoms with Gasteiger partial charge in [0.05, 0.1) is 12.1 Å². The van der Waals surface area contributed by atoms with E-state index in [1.807, 2.05) is 19.1 Å². The Hall–Kier alpha value is -2.75. The van der Waals surface area contributed by atoms with Gasteiger partial charge in [0.1, 0.15) is 29.0 Å². The van der Waals surface area contributed by atoms with Gasteiger partial charge in [-0.1, -0.05) is 0 Å². The molecule has 9 heteroatoms. The van der Waals surface area contributed by atoms with E-state index >= 15 is 0 Å². The molecule has 0 aromatic carbocycles. The van der Waals surface area contributed by atoms with Crippen LogP contribution < -0.4 is 11.2 Å². The van der Waals surface area contributed by atoms with Crippen LogP contribution in [0.2, 0.25) is 0 Å². The first-order valence-electron chi connectivity index (χ1n) is 10.4. The van der Waals surface area contributed by atoms with Gasteiger partial charge in [-0.15, -0.1) is 0 Å². The van der Waals surface area contributed by atoms with Gasteiger partial charge >= 0.3 is 0 Å². The minimum absolute atomic E-state index is 0.411. The average molecular weight is 412 g/mol. The van der Waals surface area contributed by atoms with Crippen LogP contribution in [0.3, 0.4) is 0 Å². The van der Waals surface area contributed by atoms with Gasteiger partial charge < -0.3 is 19.9 Å². The van der Waals surface area contributed by atoms with Gasteiger partial charge in [-0.25, -0.2) is 9.97 Å². The first kappa shape index (κ1) is 20.5. The molecular formula is C21H29N7O2. The van der Waals surface area contributed by atoms with Crippen LogP contribution in [0.15, 0.2) is 30.1 Å². The number of rotatable bonds is 9. The standard InChI is InChI=1S/C21H29N7O2/c1-3-29-14-17-25-19-20(18-16(24-21(19)22)6-4-9-23-18)28(17)10-5-13-30-26-15-7-11-27(2)12-8-15/h4,6-7,9,26H,3,5,8,10-14H2,1-2H3,(H2,22,24). The number of anilines is 1. The number of nitrogens with one attached hydrogen (secondary N) is 1. The van der Waals surface area contributed by atoms with Gasteiger partial charge in [-0.3, -0.25) is 15.3 Å². The first-order chi connectivity index (χ1) is 14.7. The molecular weight excluding hydrogens is 382 g/mol. The van der Waals surface area contributed by atoms with E-state index in [1.165, 1.54) is 0 Å². The fraction of sp³-hybridized carbons (Fsp3) is 0.476. The second kappa shape index (κ2) is 9.38. The summed E-state index contributed by atoms with van der Waals surface area (Å²) in [5, 5.41) is 0. The van der Waals surface area contributed by atoms with Crippen molar-refractivity contribution < 1.29 is 9.57 Å². The van der Waals surface area contributed by atoms with Crippen molar-refractivity contribution in [1.29, 1.82) is 0 Å². The summed E-state index contributed by atoms with van der Waals surface area (Å²) in [6.07, 6.45) is 5.72. The molecule has 9 nitrogen and oxygen atoms in total. The molecule has 0 radical (unpaired) electrons. The maximum atomic E-state index is 6.20. The summed E-state index contributed by atoms with van der Waals surface area (Å²) in [6, 6.07) is 3.78. The fourth-order valence-corrected chi connectivity index (χ4v) is 3.62. The number of hydroxylamine groups is 1.